The standard InChI is InChI=1S/C15H20N2O3/c1-16-12-4-3-11(9-13(12)17(2)15(16)19)14(18)10-5-7-20-8-6-10/h3-4,9-10,14,18H,5-8H2,1-2H3. The first-order valence-corrected chi connectivity index (χ1v) is 7.01. The fourth-order valence-electron chi connectivity index (χ4n) is 3.01. The van der Waals surface area contributed by atoms with Crippen molar-refractivity contribution in [1.29, 1.82) is 0 Å². The van der Waals surface area contributed by atoms with E-state index in [0.717, 1.165) is 29.4 Å². The second-order valence-electron chi connectivity index (χ2n) is 5.54. The minimum Gasteiger partial charge on any atom is -0.388 e. The molecule has 0 radical (unpaired) electrons. The highest BCUT2D eigenvalue weighted by molar-refractivity contribution is 5.76. The number of fused-ring (bicyclic) bond motifs is 1. The predicted molar refractivity (Wildman–Crippen MR) is 76.7 cm³/mol. The molecular weight excluding hydrogens is 256 g/mol. The Balaban J connectivity index is 2.00. The van der Waals surface area contributed by atoms with Crippen molar-refractivity contribution in [3.63, 3.8) is 0 Å². The van der Waals surface area contributed by atoms with Crippen molar-refractivity contribution >= 4 is 11.0 Å². The summed E-state index contributed by atoms with van der Waals surface area (Å²) in [6.45, 7) is 1.43. The van der Waals surface area contributed by atoms with E-state index >= 15 is 0 Å². The van der Waals surface area contributed by atoms with Crippen molar-refractivity contribution in [2.75, 3.05) is 13.2 Å². The number of benzene rings is 1. The molecule has 1 saturated heterocycles. The van der Waals surface area contributed by atoms with E-state index in [9.17, 15) is 9.90 Å². The largest absolute Gasteiger partial charge is 0.388 e. The van der Waals surface area contributed by atoms with E-state index in [1.165, 1.54) is 0 Å². The summed E-state index contributed by atoms with van der Waals surface area (Å²) in [5, 5.41) is 10.5. The summed E-state index contributed by atoms with van der Waals surface area (Å²) in [5.74, 6) is 0.238. The highest BCUT2D eigenvalue weighted by Gasteiger charge is 2.24. The lowest BCUT2D eigenvalue weighted by atomic mass is 9.89. The molecule has 1 unspecified atom stereocenters. The average Bonchev–Trinajstić information content (AvgIpc) is 2.72. The van der Waals surface area contributed by atoms with Crippen LogP contribution in [0.2, 0.25) is 0 Å². The molecule has 1 fully saturated rings. The van der Waals surface area contributed by atoms with Gasteiger partial charge in [-0.25, -0.2) is 4.79 Å². The van der Waals surface area contributed by atoms with E-state index < -0.39 is 6.10 Å². The molecule has 1 aromatic carbocycles. The molecule has 0 bridgehead atoms. The van der Waals surface area contributed by atoms with Gasteiger partial charge >= 0.3 is 5.69 Å². The number of rotatable bonds is 2. The predicted octanol–water partition coefficient (Wildman–Crippen LogP) is 1.34. The number of aryl methyl sites for hydroxylation is 2. The summed E-state index contributed by atoms with van der Waals surface area (Å²) in [4.78, 5) is 11.9. The van der Waals surface area contributed by atoms with Gasteiger partial charge in [0.2, 0.25) is 0 Å². The normalized spacial score (nSPS) is 18.6. The minimum atomic E-state index is -0.487. The van der Waals surface area contributed by atoms with Crippen LogP contribution >= 0.6 is 0 Å². The number of aliphatic hydroxyl groups is 1. The Bertz CT molecular complexity index is 680. The van der Waals surface area contributed by atoms with Crippen LogP contribution in [-0.2, 0) is 18.8 Å². The van der Waals surface area contributed by atoms with Gasteiger partial charge in [-0.2, -0.15) is 0 Å². The second kappa shape index (κ2) is 5.07. The minimum absolute atomic E-state index is 0.0438. The van der Waals surface area contributed by atoms with E-state index in [1.807, 2.05) is 18.2 Å². The fourth-order valence-corrected chi connectivity index (χ4v) is 3.01. The molecule has 1 aliphatic rings. The fraction of sp³-hybridized carbons (Fsp3) is 0.533. The van der Waals surface area contributed by atoms with Crippen LogP contribution in [0.4, 0.5) is 0 Å². The molecule has 5 heteroatoms. The van der Waals surface area contributed by atoms with E-state index in [2.05, 4.69) is 0 Å². The van der Waals surface area contributed by atoms with Gasteiger partial charge in [0.05, 0.1) is 17.1 Å². The van der Waals surface area contributed by atoms with E-state index in [-0.39, 0.29) is 11.6 Å². The average molecular weight is 276 g/mol. The van der Waals surface area contributed by atoms with Gasteiger partial charge < -0.3 is 9.84 Å². The summed E-state index contributed by atoms with van der Waals surface area (Å²) >= 11 is 0. The van der Waals surface area contributed by atoms with Gasteiger partial charge in [0, 0.05) is 27.3 Å². The summed E-state index contributed by atoms with van der Waals surface area (Å²) in [5.41, 5.74) is 2.59. The molecule has 0 amide bonds. The molecule has 2 aromatic rings. The Labute approximate surface area is 117 Å². The summed E-state index contributed by atoms with van der Waals surface area (Å²) in [6.07, 6.45) is 1.28. The summed E-state index contributed by atoms with van der Waals surface area (Å²) < 4.78 is 8.58. The second-order valence-corrected chi connectivity index (χ2v) is 5.54. The molecule has 5 nitrogen and oxygen atoms in total. The van der Waals surface area contributed by atoms with Gasteiger partial charge in [-0.15, -0.1) is 0 Å². The monoisotopic (exact) mass is 276 g/mol. The molecule has 2 heterocycles. The van der Waals surface area contributed by atoms with Crippen LogP contribution in [0.1, 0.15) is 24.5 Å². The number of aromatic nitrogens is 2. The lowest BCUT2D eigenvalue weighted by molar-refractivity contribution is 0.00722. The third-order valence-electron chi connectivity index (χ3n) is 4.35. The molecule has 108 valence electrons. The lowest BCUT2D eigenvalue weighted by Crippen LogP contribution is -2.22. The zero-order valence-corrected chi connectivity index (χ0v) is 11.9. The van der Waals surface area contributed by atoms with Gasteiger partial charge in [0.1, 0.15) is 0 Å². The Morgan fingerprint density at radius 1 is 1.20 bits per heavy atom. The maximum atomic E-state index is 11.9. The quantitative estimate of drug-likeness (QED) is 0.900. The summed E-state index contributed by atoms with van der Waals surface area (Å²) in [7, 11) is 3.52. The number of ether oxygens (including phenoxy) is 1. The number of hydrogen-bond acceptors (Lipinski definition) is 3. The molecule has 0 aliphatic carbocycles. The molecular formula is C15H20N2O3. The van der Waals surface area contributed by atoms with Crippen LogP contribution in [0.3, 0.4) is 0 Å². The Kier molecular flexibility index (Phi) is 3.40. The van der Waals surface area contributed by atoms with Crippen molar-refractivity contribution in [3.8, 4) is 0 Å². The van der Waals surface area contributed by atoms with Crippen LogP contribution in [-0.4, -0.2) is 27.5 Å². The maximum absolute atomic E-state index is 11.9. The van der Waals surface area contributed by atoms with Crippen LogP contribution in [0, 0.1) is 5.92 Å². The smallest absolute Gasteiger partial charge is 0.328 e. The number of aliphatic hydroxyl groups excluding tert-OH is 1. The first-order chi connectivity index (χ1) is 9.59. The van der Waals surface area contributed by atoms with Crippen molar-refractivity contribution in [2.24, 2.45) is 20.0 Å². The highest BCUT2D eigenvalue weighted by atomic mass is 16.5. The van der Waals surface area contributed by atoms with Gasteiger partial charge in [-0.3, -0.25) is 9.13 Å². The van der Waals surface area contributed by atoms with Crippen molar-refractivity contribution in [1.82, 2.24) is 9.13 Å². The molecule has 0 spiro atoms. The Morgan fingerprint density at radius 3 is 2.55 bits per heavy atom. The first-order valence-electron chi connectivity index (χ1n) is 7.01. The molecule has 0 saturated carbocycles. The van der Waals surface area contributed by atoms with Gasteiger partial charge in [-0.1, -0.05) is 6.07 Å². The van der Waals surface area contributed by atoms with Crippen LogP contribution in [0.15, 0.2) is 23.0 Å². The van der Waals surface area contributed by atoms with Gasteiger partial charge in [0.25, 0.3) is 0 Å². The highest BCUT2D eigenvalue weighted by Crippen LogP contribution is 2.31. The summed E-state index contributed by atoms with van der Waals surface area (Å²) in [6, 6.07) is 5.76. The molecule has 20 heavy (non-hydrogen) atoms. The van der Waals surface area contributed by atoms with E-state index in [0.29, 0.717) is 13.2 Å². The third kappa shape index (κ3) is 2.07. The third-order valence-corrected chi connectivity index (χ3v) is 4.35. The number of imidazole rings is 1. The number of hydrogen-bond donors (Lipinski definition) is 1. The first kappa shape index (κ1) is 13.4. The lowest BCUT2D eigenvalue weighted by Gasteiger charge is -2.27. The van der Waals surface area contributed by atoms with Crippen LogP contribution in [0.5, 0.6) is 0 Å². The molecule has 1 atom stereocenters. The molecule has 1 aromatic heterocycles. The zero-order valence-electron chi connectivity index (χ0n) is 11.9. The van der Waals surface area contributed by atoms with Crippen molar-refractivity contribution in [3.05, 3.63) is 34.2 Å². The van der Waals surface area contributed by atoms with Crippen molar-refractivity contribution < 1.29 is 9.84 Å². The van der Waals surface area contributed by atoms with Crippen molar-refractivity contribution in [2.45, 2.75) is 18.9 Å². The van der Waals surface area contributed by atoms with E-state index in [1.54, 1.807) is 23.2 Å². The van der Waals surface area contributed by atoms with Gasteiger partial charge in [0.15, 0.2) is 0 Å². The molecule has 1 N–H and O–H groups in total. The Morgan fingerprint density at radius 2 is 1.85 bits per heavy atom. The SMILES string of the molecule is Cn1c(=O)n(C)c2cc(C(O)C3CCOCC3)ccc21. The van der Waals surface area contributed by atoms with Crippen LogP contribution in [0.25, 0.3) is 11.0 Å². The zero-order chi connectivity index (χ0) is 14.3. The molecule has 1 aliphatic heterocycles. The molecule has 3 rings (SSSR count). The van der Waals surface area contributed by atoms with E-state index in [4.69, 9.17) is 4.74 Å². The van der Waals surface area contributed by atoms with Crippen LogP contribution < -0.4 is 5.69 Å². The number of nitrogens with zero attached hydrogens (tertiary/aromatic N) is 2. The Hall–Kier alpha value is -1.59. The van der Waals surface area contributed by atoms with Gasteiger partial charge in [-0.05, 0) is 36.5 Å². The topological polar surface area (TPSA) is 56.4 Å². The maximum Gasteiger partial charge on any atom is 0.328 e.